The molecule has 3 heterocycles. The van der Waals surface area contributed by atoms with E-state index in [9.17, 15) is 22.8 Å². The van der Waals surface area contributed by atoms with Gasteiger partial charge < -0.3 is 24.0 Å². The number of anilines is 1. The molecule has 3 rings (SSSR count). The van der Waals surface area contributed by atoms with Crippen molar-refractivity contribution >= 4 is 19.8 Å². The van der Waals surface area contributed by atoms with Crippen molar-refractivity contribution in [1.29, 1.82) is 5.26 Å². The van der Waals surface area contributed by atoms with E-state index in [0.717, 1.165) is 18.1 Å². The lowest BCUT2D eigenvalue weighted by Gasteiger charge is -2.35. The zero-order chi connectivity index (χ0) is 30.9. The number of halogens is 3. The van der Waals surface area contributed by atoms with Gasteiger partial charge in [0.25, 0.3) is 5.56 Å². The fourth-order valence-electron chi connectivity index (χ4n) is 4.09. The third kappa shape index (κ3) is 9.81. The average molecular weight is 611 g/mol. The van der Waals surface area contributed by atoms with E-state index < -0.39 is 37.2 Å². The smallest absolute Gasteiger partial charge is 0.425 e. The minimum absolute atomic E-state index is 0.0602. The number of carbonyl (C=O) groups is 1. The van der Waals surface area contributed by atoms with Crippen LogP contribution < -0.4 is 15.2 Å². The standard InChI is InChI=1S/C27H37F3N6O5Si/c1-20(41-22-17-33-36(19-40-13-14-42(2,3)4)26(38)25(22)27(28,29)30)18-39-12-7-24(37)35-10-8-34(9-11-35)23-6-5-21(15-31)16-32-23/h5-6,16-17,20H,7-14,18-19H2,1-4H3/t20-/m0/s1. The molecule has 1 atom stereocenters. The second kappa shape index (κ2) is 14.6. The molecule has 42 heavy (non-hydrogen) atoms. The highest BCUT2D eigenvalue weighted by Gasteiger charge is 2.39. The lowest BCUT2D eigenvalue weighted by atomic mass is 10.2. The summed E-state index contributed by atoms with van der Waals surface area (Å²) in [6.45, 7) is 10.0. The molecule has 0 N–H and O–H groups in total. The van der Waals surface area contributed by atoms with Crippen LogP contribution in [0, 0.1) is 11.3 Å². The van der Waals surface area contributed by atoms with E-state index in [0.29, 0.717) is 43.0 Å². The molecule has 0 unspecified atom stereocenters. The maximum absolute atomic E-state index is 13.8. The van der Waals surface area contributed by atoms with E-state index in [4.69, 9.17) is 19.5 Å². The van der Waals surface area contributed by atoms with Crippen molar-refractivity contribution in [3.8, 4) is 11.8 Å². The Labute approximate surface area is 243 Å². The SMILES string of the molecule is C[C@@H](COCCC(=O)N1CCN(c2ccc(C#N)cn2)CC1)Oc1cnn(COCC[Si](C)(C)C)c(=O)c1C(F)(F)F. The fourth-order valence-corrected chi connectivity index (χ4v) is 4.84. The van der Waals surface area contributed by atoms with E-state index >= 15 is 0 Å². The van der Waals surface area contributed by atoms with Gasteiger partial charge in [0.15, 0.2) is 11.3 Å². The van der Waals surface area contributed by atoms with Crippen molar-refractivity contribution in [2.75, 3.05) is 50.9 Å². The van der Waals surface area contributed by atoms with Gasteiger partial charge in [-0.1, -0.05) is 19.6 Å². The number of hydrogen-bond donors (Lipinski definition) is 0. The molecule has 0 bridgehead atoms. The van der Waals surface area contributed by atoms with Gasteiger partial charge in [0.05, 0.1) is 31.4 Å². The first-order valence-electron chi connectivity index (χ1n) is 13.7. The number of aromatic nitrogens is 3. The highest BCUT2D eigenvalue weighted by Crippen LogP contribution is 2.33. The van der Waals surface area contributed by atoms with Crippen molar-refractivity contribution in [2.45, 2.75) is 58.0 Å². The highest BCUT2D eigenvalue weighted by molar-refractivity contribution is 6.76. The average Bonchev–Trinajstić information content (AvgIpc) is 2.93. The largest absolute Gasteiger partial charge is 0.486 e. The van der Waals surface area contributed by atoms with Crippen molar-refractivity contribution in [2.24, 2.45) is 0 Å². The first kappa shape index (κ1) is 33.0. The number of carbonyl (C=O) groups excluding carboxylic acids is 1. The van der Waals surface area contributed by atoms with Crippen LogP contribution in [0.5, 0.6) is 5.75 Å². The Morgan fingerprint density at radius 3 is 2.43 bits per heavy atom. The summed E-state index contributed by atoms with van der Waals surface area (Å²) in [4.78, 5) is 33.2. The van der Waals surface area contributed by atoms with Crippen molar-refractivity contribution in [3.05, 3.63) is 46.0 Å². The highest BCUT2D eigenvalue weighted by atomic mass is 28.3. The fraction of sp³-hybridized carbons (Fsp3) is 0.593. The molecule has 1 aliphatic rings. The van der Waals surface area contributed by atoms with Gasteiger partial charge >= 0.3 is 6.18 Å². The Morgan fingerprint density at radius 1 is 1.12 bits per heavy atom. The Hall–Kier alpha value is -3.48. The zero-order valence-electron chi connectivity index (χ0n) is 24.3. The molecule has 1 aliphatic heterocycles. The molecule has 0 aromatic carbocycles. The Kier molecular flexibility index (Phi) is 11.5. The maximum Gasteiger partial charge on any atom is 0.425 e. The molecule has 1 amide bonds. The van der Waals surface area contributed by atoms with Crippen molar-refractivity contribution in [3.63, 3.8) is 0 Å². The summed E-state index contributed by atoms with van der Waals surface area (Å²) in [5.74, 6) is -0.0479. The summed E-state index contributed by atoms with van der Waals surface area (Å²) in [6.07, 6.45) is -3.32. The molecular formula is C27H37F3N6O5Si. The predicted octanol–water partition coefficient (Wildman–Crippen LogP) is 3.36. The normalized spacial score (nSPS) is 14.9. The number of nitrogens with zero attached hydrogens (tertiary/aromatic N) is 6. The van der Waals surface area contributed by atoms with Crippen LogP contribution in [0.3, 0.4) is 0 Å². The molecule has 11 nitrogen and oxygen atoms in total. The first-order valence-corrected chi connectivity index (χ1v) is 17.4. The zero-order valence-corrected chi connectivity index (χ0v) is 25.3. The summed E-state index contributed by atoms with van der Waals surface area (Å²) >= 11 is 0. The first-order chi connectivity index (χ1) is 19.8. The summed E-state index contributed by atoms with van der Waals surface area (Å²) in [5.41, 5.74) is -2.32. The number of piperazine rings is 1. The number of rotatable bonds is 13. The minimum Gasteiger partial charge on any atom is -0.486 e. The predicted molar refractivity (Wildman–Crippen MR) is 151 cm³/mol. The Morgan fingerprint density at radius 2 is 1.83 bits per heavy atom. The molecule has 1 saturated heterocycles. The lowest BCUT2D eigenvalue weighted by Crippen LogP contribution is -2.49. The van der Waals surface area contributed by atoms with Crippen molar-refractivity contribution < 1.29 is 32.2 Å². The van der Waals surface area contributed by atoms with Gasteiger partial charge in [0.1, 0.15) is 24.7 Å². The molecule has 2 aromatic rings. The summed E-state index contributed by atoms with van der Waals surface area (Å²) in [7, 11) is -1.40. The van der Waals surface area contributed by atoms with E-state index in [1.54, 1.807) is 17.0 Å². The lowest BCUT2D eigenvalue weighted by molar-refractivity contribution is -0.141. The molecule has 0 saturated carbocycles. The second-order valence-corrected chi connectivity index (χ2v) is 16.8. The third-order valence-corrected chi connectivity index (χ3v) is 8.18. The molecule has 1 fully saturated rings. The van der Waals surface area contributed by atoms with Gasteiger partial charge in [-0.25, -0.2) is 9.67 Å². The molecular weight excluding hydrogens is 573 g/mol. The number of amides is 1. The maximum atomic E-state index is 13.8. The van der Waals surface area contributed by atoms with Gasteiger partial charge in [-0.05, 0) is 25.1 Å². The van der Waals surface area contributed by atoms with Crippen LogP contribution in [0.1, 0.15) is 24.5 Å². The number of nitriles is 1. The van der Waals surface area contributed by atoms with Crippen LogP contribution >= 0.6 is 0 Å². The molecule has 230 valence electrons. The van der Waals surface area contributed by atoms with E-state index in [-0.39, 0.29) is 32.3 Å². The Bertz CT molecular complexity index is 1290. The van der Waals surface area contributed by atoms with Crippen LogP contribution in [0.4, 0.5) is 19.0 Å². The molecule has 0 radical (unpaired) electrons. The molecule has 0 spiro atoms. The molecule has 0 aliphatic carbocycles. The van der Waals surface area contributed by atoms with Crippen molar-refractivity contribution in [1.82, 2.24) is 19.7 Å². The van der Waals surface area contributed by atoms with Crippen LogP contribution in [0.15, 0.2) is 29.3 Å². The van der Waals surface area contributed by atoms with Gasteiger partial charge in [0.2, 0.25) is 5.91 Å². The monoisotopic (exact) mass is 610 g/mol. The molecule has 15 heteroatoms. The number of hydrogen-bond acceptors (Lipinski definition) is 9. The number of pyridine rings is 1. The number of alkyl halides is 3. The second-order valence-electron chi connectivity index (χ2n) is 11.2. The van der Waals surface area contributed by atoms with Crippen LogP contribution in [0.2, 0.25) is 25.7 Å². The Balaban J connectivity index is 1.44. The topological polar surface area (TPSA) is 123 Å². The third-order valence-electron chi connectivity index (χ3n) is 6.48. The molecule has 2 aromatic heterocycles. The van der Waals surface area contributed by atoms with Gasteiger partial charge in [0, 0.05) is 47.1 Å². The van der Waals surface area contributed by atoms with Gasteiger partial charge in [-0.3, -0.25) is 9.59 Å². The summed E-state index contributed by atoms with van der Waals surface area (Å²) in [6, 6.07) is 6.30. The van der Waals surface area contributed by atoms with E-state index in [2.05, 4.69) is 29.7 Å². The van der Waals surface area contributed by atoms with Gasteiger partial charge in [-0.15, -0.1) is 0 Å². The van der Waals surface area contributed by atoms with E-state index in [1.165, 1.54) is 13.1 Å². The summed E-state index contributed by atoms with van der Waals surface area (Å²) in [5, 5.41) is 12.7. The van der Waals surface area contributed by atoms with Crippen LogP contribution in [0.25, 0.3) is 0 Å². The van der Waals surface area contributed by atoms with E-state index in [1.807, 2.05) is 11.0 Å². The minimum atomic E-state index is -4.96. The summed E-state index contributed by atoms with van der Waals surface area (Å²) < 4.78 is 58.2. The quantitative estimate of drug-likeness (QED) is 0.248. The van der Waals surface area contributed by atoms with Gasteiger partial charge in [-0.2, -0.15) is 23.5 Å². The van der Waals surface area contributed by atoms with Crippen LogP contribution in [-0.4, -0.2) is 85.7 Å². The van der Waals surface area contributed by atoms with Crippen LogP contribution in [-0.2, 0) is 27.2 Å². The number of ether oxygens (including phenoxy) is 3.